The fraction of sp³-hybridized carbons (Fsp3) is 0.0435. The molecule has 2 nitrogen and oxygen atoms in total. The van der Waals surface area contributed by atoms with Crippen LogP contribution in [0.25, 0.3) is 5.57 Å². The number of hydrogen-bond acceptors (Lipinski definition) is 2. The van der Waals surface area contributed by atoms with Gasteiger partial charge in [-0.2, -0.15) is 0 Å². The van der Waals surface area contributed by atoms with E-state index in [1.165, 1.54) is 5.56 Å². The minimum atomic E-state index is 0.995. The van der Waals surface area contributed by atoms with E-state index >= 15 is 0 Å². The summed E-state index contributed by atoms with van der Waals surface area (Å²) in [6, 6.07) is 69.6. The maximum Gasteiger partial charge on any atom is 0.0462 e. The molecule has 0 unspecified atom stereocenters. The van der Waals surface area contributed by atoms with Crippen molar-refractivity contribution < 1.29 is 0 Å². The lowest BCUT2D eigenvalue weighted by molar-refractivity contribution is 1.14. The third kappa shape index (κ3) is 7.81. The summed E-state index contributed by atoms with van der Waals surface area (Å²) in [7, 11) is 0. The van der Waals surface area contributed by atoms with Gasteiger partial charge in [-0.05, 0) is 101 Å². The average Bonchev–Trinajstić information content (AvgIpc) is 3.18. The number of para-hydroxylation sites is 4. The van der Waals surface area contributed by atoms with Gasteiger partial charge >= 0.3 is 0 Å². The quantitative estimate of drug-likeness (QED) is 0.158. The first-order valence-electron chi connectivity index (χ1n) is 16.5. The molecule has 0 aliphatic heterocycles. The van der Waals surface area contributed by atoms with Crippen LogP contribution in [0, 0.1) is 0 Å². The summed E-state index contributed by atoms with van der Waals surface area (Å²) in [6.45, 7) is 6.61. The SMILES string of the molecule is C=C(c1ccc(N(c2ccccc2)c2ccccc2)cc1)c1ccc(N(c2ccccc2)c2ccccc2)cc1.CCc1ccccc1. The maximum absolute atomic E-state index is 4.45. The van der Waals surface area contributed by atoms with Crippen molar-refractivity contribution in [2.24, 2.45) is 0 Å². The smallest absolute Gasteiger partial charge is 0.0462 e. The predicted molar refractivity (Wildman–Crippen MR) is 206 cm³/mol. The van der Waals surface area contributed by atoms with Crippen LogP contribution in [0.1, 0.15) is 23.6 Å². The molecule has 0 aliphatic carbocycles. The fourth-order valence-corrected chi connectivity index (χ4v) is 5.71. The molecule has 0 N–H and O–H groups in total. The molecule has 2 heteroatoms. The lowest BCUT2D eigenvalue weighted by atomic mass is 9.98. The van der Waals surface area contributed by atoms with Crippen LogP contribution in [0.15, 0.2) is 207 Å². The van der Waals surface area contributed by atoms with Crippen molar-refractivity contribution in [1.29, 1.82) is 0 Å². The van der Waals surface area contributed by atoms with Gasteiger partial charge in [0.2, 0.25) is 0 Å². The number of rotatable bonds is 9. The monoisotopic (exact) mass is 620 g/mol. The van der Waals surface area contributed by atoms with Crippen molar-refractivity contribution in [2.75, 3.05) is 9.80 Å². The molecule has 0 spiro atoms. The molecule has 0 saturated heterocycles. The molecule has 0 amide bonds. The van der Waals surface area contributed by atoms with E-state index in [0.717, 1.165) is 57.2 Å². The predicted octanol–water partition coefficient (Wildman–Crippen LogP) is 12.9. The first-order valence-corrected chi connectivity index (χ1v) is 16.5. The standard InChI is InChI=1S/C38H30N2.C8H10/c1-30(31-22-26-37(27-23-31)39(33-14-6-2-7-15-33)34-16-8-3-9-17-34)32-24-28-38(29-25-32)40(35-18-10-4-11-19-35)36-20-12-5-13-21-36;1-2-8-6-4-3-5-7-8/h2-29H,1H2;3-7H,2H2,1H3. The lowest BCUT2D eigenvalue weighted by Crippen LogP contribution is -2.09. The summed E-state index contributed by atoms with van der Waals surface area (Å²) >= 11 is 0. The second-order valence-electron chi connectivity index (χ2n) is 11.4. The summed E-state index contributed by atoms with van der Waals surface area (Å²) in [5.41, 5.74) is 11.3. The number of hydrogen-bond donors (Lipinski definition) is 0. The van der Waals surface area contributed by atoms with E-state index in [1.807, 2.05) is 30.3 Å². The van der Waals surface area contributed by atoms with Crippen molar-refractivity contribution in [3.8, 4) is 0 Å². The molecule has 7 rings (SSSR count). The lowest BCUT2D eigenvalue weighted by Gasteiger charge is -2.26. The highest BCUT2D eigenvalue weighted by Crippen LogP contribution is 2.37. The topological polar surface area (TPSA) is 6.48 Å². The highest BCUT2D eigenvalue weighted by molar-refractivity contribution is 5.83. The maximum atomic E-state index is 4.45. The second kappa shape index (κ2) is 15.9. The number of benzene rings is 7. The van der Waals surface area contributed by atoms with Crippen LogP contribution in [0.4, 0.5) is 34.1 Å². The van der Waals surface area contributed by atoms with E-state index < -0.39 is 0 Å². The Labute approximate surface area is 285 Å². The number of anilines is 6. The van der Waals surface area contributed by atoms with Crippen molar-refractivity contribution >= 4 is 39.7 Å². The Balaban J connectivity index is 0.000000441. The molecule has 0 heterocycles. The summed E-state index contributed by atoms with van der Waals surface area (Å²) in [5.74, 6) is 0. The van der Waals surface area contributed by atoms with Gasteiger partial charge < -0.3 is 9.80 Å². The minimum Gasteiger partial charge on any atom is -0.311 e. The van der Waals surface area contributed by atoms with Gasteiger partial charge in [-0.3, -0.25) is 0 Å². The van der Waals surface area contributed by atoms with E-state index in [-0.39, 0.29) is 0 Å². The molecular formula is C46H40N2. The zero-order valence-corrected chi connectivity index (χ0v) is 27.4. The molecule has 0 bridgehead atoms. The van der Waals surface area contributed by atoms with Crippen LogP contribution in [-0.4, -0.2) is 0 Å². The molecule has 7 aromatic rings. The molecule has 7 aromatic carbocycles. The Bertz CT molecular complexity index is 1760. The average molecular weight is 621 g/mol. The Morgan fingerprint density at radius 1 is 0.354 bits per heavy atom. The van der Waals surface area contributed by atoms with Crippen LogP contribution in [0.2, 0.25) is 0 Å². The summed E-state index contributed by atoms with van der Waals surface area (Å²) in [4.78, 5) is 4.53. The molecule has 0 atom stereocenters. The third-order valence-electron chi connectivity index (χ3n) is 8.26. The molecule has 0 aliphatic rings. The second-order valence-corrected chi connectivity index (χ2v) is 11.4. The van der Waals surface area contributed by atoms with E-state index in [2.05, 4.69) is 193 Å². The first kappa shape index (κ1) is 31.8. The zero-order chi connectivity index (χ0) is 33.0. The van der Waals surface area contributed by atoms with Crippen LogP contribution in [0.5, 0.6) is 0 Å². The number of nitrogens with zero attached hydrogens (tertiary/aromatic N) is 2. The highest BCUT2D eigenvalue weighted by atomic mass is 15.1. The summed E-state index contributed by atoms with van der Waals surface area (Å²) in [5, 5.41) is 0. The summed E-state index contributed by atoms with van der Waals surface area (Å²) < 4.78 is 0. The molecular weight excluding hydrogens is 581 g/mol. The van der Waals surface area contributed by atoms with Gasteiger partial charge in [0.1, 0.15) is 0 Å². The van der Waals surface area contributed by atoms with E-state index in [1.54, 1.807) is 0 Å². The van der Waals surface area contributed by atoms with Gasteiger partial charge in [0.15, 0.2) is 0 Å². The number of aryl methyl sites for hydroxylation is 1. The van der Waals surface area contributed by atoms with E-state index in [0.29, 0.717) is 0 Å². The molecule has 0 aromatic heterocycles. The van der Waals surface area contributed by atoms with E-state index in [4.69, 9.17) is 0 Å². The molecule has 0 saturated carbocycles. The van der Waals surface area contributed by atoms with Gasteiger partial charge in [0.05, 0.1) is 0 Å². The molecule has 0 radical (unpaired) electrons. The first-order chi connectivity index (χ1) is 23.7. The fourth-order valence-electron chi connectivity index (χ4n) is 5.71. The van der Waals surface area contributed by atoms with Crippen molar-refractivity contribution in [3.63, 3.8) is 0 Å². The summed E-state index contributed by atoms with van der Waals surface area (Å²) in [6.07, 6.45) is 1.14. The van der Waals surface area contributed by atoms with Crippen LogP contribution in [-0.2, 0) is 6.42 Å². The Kier molecular flexibility index (Phi) is 10.6. The molecule has 0 fully saturated rings. The molecule has 234 valence electrons. The van der Waals surface area contributed by atoms with Crippen LogP contribution < -0.4 is 9.80 Å². The highest BCUT2D eigenvalue weighted by Gasteiger charge is 2.14. The van der Waals surface area contributed by atoms with Crippen LogP contribution >= 0.6 is 0 Å². The zero-order valence-electron chi connectivity index (χ0n) is 27.4. The van der Waals surface area contributed by atoms with Crippen LogP contribution in [0.3, 0.4) is 0 Å². The van der Waals surface area contributed by atoms with Gasteiger partial charge in [-0.25, -0.2) is 0 Å². The minimum absolute atomic E-state index is 0.995. The van der Waals surface area contributed by atoms with Gasteiger partial charge in [0.25, 0.3) is 0 Å². The van der Waals surface area contributed by atoms with Crippen molar-refractivity contribution in [3.05, 3.63) is 223 Å². The Morgan fingerprint density at radius 2 is 0.604 bits per heavy atom. The van der Waals surface area contributed by atoms with Gasteiger partial charge in [-0.15, -0.1) is 0 Å². The third-order valence-corrected chi connectivity index (χ3v) is 8.26. The normalized spacial score (nSPS) is 10.4. The van der Waals surface area contributed by atoms with Crippen molar-refractivity contribution in [1.82, 2.24) is 0 Å². The largest absolute Gasteiger partial charge is 0.311 e. The Morgan fingerprint density at radius 3 is 0.854 bits per heavy atom. The Hall–Kier alpha value is -6.12. The van der Waals surface area contributed by atoms with E-state index in [9.17, 15) is 0 Å². The molecule has 48 heavy (non-hydrogen) atoms. The van der Waals surface area contributed by atoms with Gasteiger partial charge in [0, 0.05) is 34.1 Å². The van der Waals surface area contributed by atoms with Gasteiger partial charge in [-0.1, -0.05) is 141 Å². The van der Waals surface area contributed by atoms with Crippen molar-refractivity contribution in [2.45, 2.75) is 13.3 Å².